The molecule has 1 aromatic carbocycles. The van der Waals surface area contributed by atoms with Crippen LogP contribution < -0.4 is 9.64 Å². The van der Waals surface area contributed by atoms with Gasteiger partial charge in [0.05, 0.1) is 12.8 Å². The Labute approximate surface area is 154 Å². The maximum absolute atomic E-state index is 5.25. The molecule has 4 rings (SSSR count). The van der Waals surface area contributed by atoms with Gasteiger partial charge in [-0.3, -0.25) is 0 Å². The van der Waals surface area contributed by atoms with Gasteiger partial charge in [0.25, 0.3) is 0 Å². The fourth-order valence-electron chi connectivity index (χ4n) is 4.06. The molecule has 0 N–H and O–H groups in total. The molecule has 3 aromatic rings. The van der Waals surface area contributed by atoms with E-state index in [-0.39, 0.29) is 0 Å². The molecule has 1 aliphatic heterocycles. The van der Waals surface area contributed by atoms with Crippen molar-refractivity contribution in [2.24, 2.45) is 11.8 Å². The molecule has 0 aliphatic carbocycles. The van der Waals surface area contributed by atoms with Gasteiger partial charge >= 0.3 is 0 Å². The van der Waals surface area contributed by atoms with Crippen LogP contribution in [0.25, 0.3) is 16.9 Å². The first-order chi connectivity index (χ1) is 12.5. The lowest BCUT2D eigenvalue weighted by molar-refractivity contribution is 0.354. The SMILES string of the molecule is COc1ccc(-c2cc3nc(C)cc(N4C[C@H](C)C[C@@H](C)C4)n3n2)cc1. The van der Waals surface area contributed by atoms with Crippen LogP contribution in [0.15, 0.2) is 36.4 Å². The highest BCUT2D eigenvalue weighted by atomic mass is 16.5. The van der Waals surface area contributed by atoms with Crippen molar-refractivity contribution in [3.63, 3.8) is 0 Å². The van der Waals surface area contributed by atoms with Crippen molar-refractivity contribution in [3.8, 4) is 17.0 Å². The first kappa shape index (κ1) is 16.9. The zero-order chi connectivity index (χ0) is 18.3. The zero-order valence-corrected chi connectivity index (χ0v) is 15.9. The second kappa shape index (κ2) is 6.63. The number of rotatable bonds is 3. The molecule has 2 aromatic heterocycles. The predicted octanol–water partition coefficient (Wildman–Crippen LogP) is 4.20. The molecule has 1 saturated heterocycles. The van der Waals surface area contributed by atoms with Gasteiger partial charge in [-0.2, -0.15) is 9.61 Å². The van der Waals surface area contributed by atoms with Crippen molar-refractivity contribution in [3.05, 3.63) is 42.1 Å². The summed E-state index contributed by atoms with van der Waals surface area (Å²) in [5.74, 6) is 3.38. The fraction of sp³-hybridized carbons (Fsp3) is 0.429. The van der Waals surface area contributed by atoms with Crippen LogP contribution in [-0.4, -0.2) is 34.8 Å². The van der Waals surface area contributed by atoms with E-state index in [9.17, 15) is 0 Å². The summed E-state index contributed by atoms with van der Waals surface area (Å²) in [5, 5.41) is 4.88. The average Bonchev–Trinajstić information content (AvgIpc) is 3.04. The van der Waals surface area contributed by atoms with Crippen LogP contribution in [0.4, 0.5) is 5.82 Å². The number of nitrogens with zero attached hydrogens (tertiary/aromatic N) is 4. The summed E-state index contributed by atoms with van der Waals surface area (Å²) in [6, 6.07) is 12.2. The molecule has 3 heterocycles. The molecule has 5 nitrogen and oxygen atoms in total. The van der Waals surface area contributed by atoms with Gasteiger partial charge in [0.1, 0.15) is 11.6 Å². The quantitative estimate of drug-likeness (QED) is 0.710. The standard InChI is InChI=1S/C21H26N4O/c1-14-9-15(2)13-24(12-14)21-10-16(3)22-20-11-19(23-25(20)21)17-5-7-18(26-4)8-6-17/h5-8,10-11,14-15H,9,12-13H2,1-4H3/t14-,15-/m1/s1. The highest BCUT2D eigenvalue weighted by molar-refractivity contribution is 5.66. The summed E-state index contributed by atoms with van der Waals surface area (Å²) < 4.78 is 7.25. The minimum Gasteiger partial charge on any atom is -0.497 e. The van der Waals surface area contributed by atoms with Gasteiger partial charge in [-0.25, -0.2) is 4.98 Å². The predicted molar refractivity (Wildman–Crippen MR) is 105 cm³/mol. The van der Waals surface area contributed by atoms with Crippen LogP contribution in [0.3, 0.4) is 0 Å². The molecule has 26 heavy (non-hydrogen) atoms. The minimum atomic E-state index is 0.693. The van der Waals surface area contributed by atoms with Gasteiger partial charge in [-0.15, -0.1) is 0 Å². The Morgan fingerprint density at radius 3 is 2.38 bits per heavy atom. The van der Waals surface area contributed by atoms with E-state index in [2.05, 4.69) is 37.8 Å². The Hall–Kier alpha value is -2.56. The summed E-state index contributed by atoms with van der Waals surface area (Å²) in [6.07, 6.45) is 1.29. The lowest BCUT2D eigenvalue weighted by Gasteiger charge is -2.36. The number of aryl methyl sites for hydroxylation is 1. The molecule has 0 spiro atoms. The second-order valence-electron chi connectivity index (χ2n) is 7.63. The number of hydrogen-bond donors (Lipinski definition) is 0. The van der Waals surface area contributed by atoms with E-state index >= 15 is 0 Å². The van der Waals surface area contributed by atoms with Crippen molar-refractivity contribution < 1.29 is 4.74 Å². The molecular weight excluding hydrogens is 324 g/mol. The van der Waals surface area contributed by atoms with Crippen LogP contribution in [0.1, 0.15) is 26.0 Å². The van der Waals surface area contributed by atoms with Crippen LogP contribution in [0, 0.1) is 18.8 Å². The smallest absolute Gasteiger partial charge is 0.158 e. The fourth-order valence-corrected chi connectivity index (χ4v) is 4.06. The summed E-state index contributed by atoms with van der Waals surface area (Å²) in [4.78, 5) is 7.16. The first-order valence-corrected chi connectivity index (χ1v) is 9.30. The topological polar surface area (TPSA) is 42.7 Å². The van der Waals surface area contributed by atoms with E-state index in [0.29, 0.717) is 11.8 Å². The number of fused-ring (bicyclic) bond motifs is 1. The van der Waals surface area contributed by atoms with Crippen LogP contribution in [0.2, 0.25) is 0 Å². The van der Waals surface area contributed by atoms with E-state index < -0.39 is 0 Å². The molecule has 0 saturated carbocycles. The minimum absolute atomic E-state index is 0.693. The van der Waals surface area contributed by atoms with Gasteiger partial charge in [0, 0.05) is 36.5 Å². The maximum Gasteiger partial charge on any atom is 0.158 e. The average molecular weight is 350 g/mol. The maximum atomic E-state index is 5.25. The summed E-state index contributed by atoms with van der Waals surface area (Å²) in [7, 11) is 1.68. The van der Waals surface area contributed by atoms with E-state index in [1.54, 1.807) is 7.11 Å². The summed E-state index contributed by atoms with van der Waals surface area (Å²) in [5.41, 5.74) is 3.93. The Balaban J connectivity index is 1.77. The first-order valence-electron chi connectivity index (χ1n) is 9.30. The number of ether oxygens (including phenoxy) is 1. The molecule has 5 heteroatoms. The second-order valence-corrected chi connectivity index (χ2v) is 7.63. The molecule has 1 aliphatic rings. The molecular formula is C21H26N4O. The number of piperidine rings is 1. The third-order valence-corrected chi connectivity index (χ3v) is 5.12. The largest absolute Gasteiger partial charge is 0.497 e. The Morgan fingerprint density at radius 1 is 1.04 bits per heavy atom. The number of hydrogen-bond acceptors (Lipinski definition) is 4. The van der Waals surface area contributed by atoms with E-state index in [1.807, 2.05) is 28.8 Å². The number of aromatic nitrogens is 3. The highest BCUT2D eigenvalue weighted by Gasteiger charge is 2.24. The third-order valence-electron chi connectivity index (χ3n) is 5.12. The normalized spacial score (nSPS) is 20.5. The van der Waals surface area contributed by atoms with Gasteiger partial charge in [0.2, 0.25) is 0 Å². The van der Waals surface area contributed by atoms with Crippen molar-refractivity contribution >= 4 is 11.5 Å². The highest BCUT2D eigenvalue weighted by Crippen LogP contribution is 2.29. The molecule has 136 valence electrons. The van der Waals surface area contributed by atoms with Gasteiger partial charge in [-0.1, -0.05) is 13.8 Å². The van der Waals surface area contributed by atoms with Crippen molar-refractivity contribution in [1.29, 1.82) is 0 Å². The van der Waals surface area contributed by atoms with Gasteiger partial charge in [-0.05, 0) is 49.4 Å². The Kier molecular flexibility index (Phi) is 4.31. The number of methoxy groups -OCH3 is 1. The summed E-state index contributed by atoms with van der Waals surface area (Å²) in [6.45, 7) is 8.86. The van der Waals surface area contributed by atoms with Crippen molar-refractivity contribution in [2.75, 3.05) is 25.1 Å². The van der Waals surface area contributed by atoms with Gasteiger partial charge in [0.15, 0.2) is 5.65 Å². The van der Waals surface area contributed by atoms with E-state index in [0.717, 1.165) is 47.3 Å². The van der Waals surface area contributed by atoms with Crippen molar-refractivity contribution in [1.82, 2.24) is 14.6 Å². The molecule has 1 fully saturated rings. The van der Waals surface area contributed by atoms with Crippen LogP contribution >= 0.6 is 0 Å². The molecule has 2 atom stereocenters. The van der Waals surface area contributed by atoms with E-state index in [1.165, 1.54) is 6.42 Å². The van der Waals surface area contributed by atoms with Crippen molar-refractivity contribution in [2.45, 2.75) is 27.2 Å². The lowest BCUT2D eigenvalue weighted by atomic mass is 9.92. The Morgan fingerprint density at radius 2 is 1.73 bits per heavy atom. The monoisotopic (exact) mass is 350 g/mol. The summed E-state index contributed by atoms with van der Waals surface area (Å²) >= 11 is 0. The number of anilines is 1. The Bertz CT molecular complexity index is 906. The third kappa shape index (κ3) is 3.14. The number of benzene rings is 1. The zero-order valence-electron chi connectivity index (χ0n) is 15.9. The van der Waals surface area contributed by atoms with Crippen LogP contribution in [-0.2, 0) is 0 Å². The lowest BCUT2D eigenvalue weighted by Crippen LogP contribution is -2.39. The molecule has 0 amide bonds. The molecule has 0 radical (unpaired) electrons. The van der Waals surface area contributed by atoms with E-state index in [4.69, 9.17) is 14.8 Å². The molecule has 0 unspecified atom stereocenters. The molecule has 0 bridgehead atoms. The van der Waals surface area contributed by atoms with Crippen LogP contribution in [0.5, 0.6) is 5.75 Å². The van der Waals surface area contributed by atoms with Gasteiger partial charge < -0.3 is 9.64 Å².